The number of furan rings is 1. The zero-order valence-electron chi connectivity index (χ0n) is 22.4. The van der Waals surface area contributed by atoms with E-state index in [1.165, 1.54) is 5.56 Å². The Bertz CT molecular complexity index is 1890. The Hall–Kier alpha value is -4.33. The molecule has 7 heteroatoms. The van der Waals surface area contributed by atoms with E-state index in [9.17, 15) is 0 Å². The molecule has 0 saturated carbocycles. The molecule has 2 aromatic heterocycles. The highest BCUT2D eigenvalue weighted by Gasteiger charge is 2.42. The highest BCUT2D eigenvalue weighted by atomic mass is 79.9. The van der Waals surface area contributed by atoms with Crippen molar-refractivity contribution >= 4 is 42.8 Å². The number of fused-ring (bicyclic) bond motifs is 1. The van der Waals surface area contributed by atoms with E-state index in [2.05, 4.69) is 133 Å². The van der Waals surface area contributed by atoms with Gasteiger partial charge in [0.2, 0.25) is 0 Å². The van der Waals surface area contributed by atoms with Crippen LogP contribution in [0.15, 0.2) is 142 Å². The van der Waals surface area contributed by atoms with Crippen molar-refractivity contribution in [2.75, 3.05) is 0 Å². The van der Waals surface area contributed by atoms with Crippen LogP contribution < -0.4 is 0 Å². The number of aromatic nitrogens is 4. The van der Waals surface area contributed by atoms with Crippen molar-refractivity contribution < 1.29 is 4.42 Å². The summed E-state index contributed by atoms with van der Waals surface area (Å²) < 4.78 is 9.31. The molecule has 0 aliphatic rings. The number of nitrogens with zero attached hydrogens (tertiary/aromatic N) is 4. The van der Waals surface area contributed by atoms with Gasteiger partial charge in [-0.2, -0.15) is 0 Å². The minimum absolute atomic E-state index is 0.621. The maximum atomic E-state index is 6.46. The molecule has 5 aromatic carbocycles. The van der Waals surface area contributed by atoms with E-state index >= 15 is 0 Å². The Morgan fingerprint density at radius 2 is 1.21 bits per heavy atom. The molecular weight excluding hydrogens is 652 g/mol. The van der Waals surface area contributed by atoms with Gasteiger partial charge >= 0.3 is 0 Å². The summed E-state index contributed by atoms with van der Waals surface area (Å²) >= 11 is 7.42. The lowest BCUT2D eigenvalue weighted by Gasteiger charge is -2.36. The van der Waals surface area contributed by atoms with Crippen LogP contribution in [-0.4, -0.2) is 20.2 Å². The van der Waals surface area contributed by atoms with Crippen molar-refractivity contribution in [2.45, 2.75) is 10.9 Å². The van der Waals surface area contributed by atoms with Gasteiger partial charge < -0.3 is 4.42 Å². The molecule has 0 unspecified atom stereocenters. The SMILES string of the molecule is BrCc1ccc2oc(-c3ccccc3-c3nnnn3C(c3ccccc3)(c3ccccc3)c3ccccc3)c(Br)c2c1. The van der Waals surface area contributed by atoms with E-state index in [4.69, 9.17) is 9.63 Å². The summed E-state index contributed by atoms with van der Waals surface area (Å²) in [7, 11) is 0. The summed E-state index contributed by atoms with van der Waals surface area (Å²) in [6.07, 6.45) is 0. The highest BCUT2D eigenvalue weighted by Crippen LogP contribution is 2.45. The number of rotatable bonds is 7. The molecule has 0 amide bonds. The average Bonchev–Trinajstić information content (AvgIpc) is 3.68. The Labute approximate surface area is 260 Å². The number of tetrazole rings is 1. The minimum Gasteiger partial charge on any atom is -0.455 e. The van der Waals surface area contributed by atoms with Crippen LogP contribution in [0.1, 0.15) is 22.3 Å². The Kier molecular flexibility index (Phi) is 7.06. The third kappa shape index (κ3) is 4.32. The molecule has 0 fully saturated rings. The Morgan fingerprint density at radius 3 is 1.79 bits per heavy atom. The largest absolute Gasteiger partial charge is 0.455 e. The van der Waals surface area contributed by atoms with Crippen LogP contribution in [0.5, 0.6) is 0 Å². The monoisotopic (exact) mass is 674 g/mol. The number of hydrogen-bond donors (Lipinski definition) is 0. The lowest BCUT2D eigenvalue weighted by Crippen LogP contribution is -2.39. The van der Waals surface area contributed by atoms with Gasteiger partial charge in [-0.25, -0.2) is 4.68 Å². The maximum absolute atomic E-state index is 6.46. The van der Waals surface area contributed by atoms with Crippen LogP contribution in [0.25, 0.3) is 33.7 Å². The molecule has 7 aromatic rings. The molecule has 2 heterocycles. The molecule has 42 heavy (non-hydrogen) atoms. The second-order valence-electron chi connectivity index (χ2n) is 9.98. The van der Waals surface area contributed by atoms with Gasteiger partial charge in [0.25, 0.3) is 0 Å². The van der Waals surface area contributed by atoms with E-state index in [0.717, 1.165) is 54.3 Å². The van der Waals surface area contributed by atoms with Gasteiger partial charge in [-0.05, 0) is 60.7 Å². The Morgan fingerprint density at radius 1 is 0.667 bits per heavy atom. The van der Waals surface area contributed by atoms with Crippen molar-refractivity contribution in [3.8, 4) is 22.7 Å². The van der Waals surface area contributed by atoms with Crippen molar-refractivity contribution in [2.24, 2.45) is 0 Å². The number of benzene rings is 5. The highest BCUT2D eigenvalue weighted by molar-refractivity contribution is 9.10. The van der Waals surface area contributed by atoms with Gasteiger partial charge in [0, 0.05) is 21.8 Å². The van der Waals surface area contributed by atoms with Gasteiger partial charge in [0.15, 0.2) is 5.82 Å². The third-order valence-electron chi connectivity index (χ3n) is 7.62. The topological polar surface area (TPSA) is 56.7 Å². The first kappa shape index (κ1) is 26.6. The van der Waals surface area contributed by atoms with E-state index in [-0.39, 0.29) is 0 Å². The molecular formula is C35H24Br2N4O. The van der Waals surface area contributed by atoms with E-state index in [1.807, 2.05) is 47.1 Å². The fourth-order valence-electron chi connectivity index (χ4n) is 5.73. The fraction of sp³-hybridized carbons (Fsp3) is 0.0571. The first-order valence-corrected chi connectivity index (χ1v) is 15.5. The number of alkyl halides is 1. The first-order valence-electron chi connectivity index (χ1n) is 13.5. The molecule has 5 nitrogen and oxygen atoms in total. The van der Waals surface area contributed by atoms with Crippen LogP contribution in [0, 0.1) is 0 Å². The van der Waals surface area contributed by atoms with Crippen molar-refractivity contribution in [3.63, 3.8) is 0 Å². The quantitative estimate of drug-likeness (QED) is 0.125. The van der Waals surface area contributed by atoms with Crippen molar-refractivity contribution in [1.82, 2.24) is 20.2 Å². The Balaban J connectivity index is 1.52. The smallest absolute Gasteiger partial charge is 0.184 e. The molecule has 204 valence electrons. The van der Waals surface area contributed by atoms with E-state index < -0.39 is 5.54 Å². The lowest BCUT2D eigenvalue weighted by atomic mass is 9.77. The van der Waals surface area contributed by atoms with Crippen LogP contribution in [-0.2, 0) is 10.9 Å². The minimum atomic E-state index is -0.856. The zero-order valence-corrected chi connectivity index (χ0v) is 25.5. The lowest BCUT2D eigenvalue weighted by molar-refractivity contribution is 0.451. The van der Waals surface area contributed by atoms with Gasteiger partial charge in [-0.3, -0.25) is 0 Å². The molecule has 7 rings (SSSR count). The standard InChI is InChI=1S/C35H24Br2N4O/c36-23-24-20-21-31-30(22-24)32(37)33(42-31)28-18-10-11-19-29(28)34-38-39-40-41(34)35(25-12-4-1-5-13-25,26-14-6-2-7-15-26)27-16-8-3-9-17-27/h1-22H,23H2. The third-order valence-corrected chi connectivity index (χ3v) is 9.06. The second-order valence-corrected chi connectivity index (χ2v) is 11.3. The predicted octanol–water partition coefficient (Wildman–Crippen LogP) is 9.25. The second kappa shape index (κ2) is 11.2. The summed E-state index contributed by atoms with van der Waals surface area (Å²) in [4.78, 5) is 0. The van der Waals surface area contributed by atoms with Crippen LogP contribution >= 0.6 is 31.9 Å². The molecule has 0 N–H and O–H groups in total. The normalized spacial score (nSPS) is 11.7. The molecule has 0 bridgehead atoms. The number of hydrogen-bond acceptors (Lipinski definition) is 4. The van der Waals surface area contributed by atoms with E-state index in [0.29, 0.717) is 5.82 Å². The maximum Gasteiger partial charge on any atom is 0.184 e. The number of halogens is 2. The molecule has 0 atom stereocenters. The molecule has 0 aliphatic heterocycles. The summed E-state index contributed by atoms with van der Waals surface area (Å²) in [6, 6.07) is 45.6. The van der Waals surface area contributed by atoms with Crippen LogP contribution in [0.4, 0.5) is 0 Å². The van der Waals surface area contributed by atoms with Crippen molar-refractivity contribution in [3.05, 3.63) is 160 Å². The van der Waals surface area contributed by atoms with Crippen LogP contribution in [0.3, 0.4) is 0 Å². The molecule has 0 radical (unpaired) electrons. The van der Waals surface area contributed by atoms with Gasteiger partial charge in [0.05, 0.1) is 4.47 Å². The first-order chi connectivity index (χ1) is 20.7. The fourth-order valence-corrected chi connectivity index (χ4v) is 6.69. The summed E-state index contributed by atoms with van der Waals surface area (Å²) in [6.45, 7) is 0. The van der Waals surface area contributed by atoms with Crippen LogP contribution in [0.2, 0.25) is 0 Å². The summed E-state index contributed by atoms with van der Waals surface area (Å²) in [5.41, 5.74) is 6.00. The molecule has 0 aliphatic carbocycles. The predicted molar refractivity (Wildman–Crippen MR) is 173 cm³/mol. The average molecular weight is 676 g/mol. The summed E-state index contributed by atoms with van der Waals surface area (Å²) in [5.74, 6) is 1.35. The van der Waals surface area contributed by atoms with Gasteiger partial charge in [-0.15, -0.1) is 5.10 Å². The molecule has 0 spiro atoms. The zero-order chi connectivity index (χ0) is 28.5. The van der Waals surface area contributed by atoms with Gasteiger partial charge in [-0.1, -0.05) is 137 Å². The summed E-state index contributed by atoms with van der Waals surface area (Å²) in [5, 5.41) is 15.5. The molecule has 0 saturated heterocycles. The van der Waals surface area contributed by atoms with E-state index in [1.54, 1.807) is 0 Å². The van der Waals surface area contributed by atoms with Gasteiger partial charge in [0.1, 0.15) is 16.9 Å². The van der Waals surface area contributed by atoms with Crippen molar-refractivity contribution in [1.29, 1.82) is 0 Å².